The highest BCUT2D eigenvalue weighted by atomic mass is 19.4. The number of rotatable bonds is 8. The van der Waals surface area contributed by atoms with Crippen molar-refractivity contribution in [2.45, 2.75) is 86.2 Å². The van der Waals surface area contributed by atoms with Gasteiger partial charge in [0.1, 0.15) is 5.56 Å². The molecule has 11 heteroatoms. The summed E-state index contributed by atoms with van der Waals surface area (Å²) in [5, 5.41) is 0. The second-order valence-electron chi connectivity index (χ2n) is 12.2. The molecular weight excluding hydrogens is 621 g/mol. The number of hydrogen-bond donors (Lipinski definition) is 2. The lowest BCUT2D eigenvalue weighted by atomic mass is 9.97. The van der Waals surface area contributed by atoms with Gasteiger partial charge >= 0.3 is 18.1 Å². The number of alkyl halides is 3. The van der Waals surface area contributed by atoms with Gasteiger partial charge in [-0.2, -0.15) is 13.2 Å². The molecule has 0 spiro atoms. The van der Waals surface area contributed by atoms with Crippen molar-refractivity contribution in [3.63, 3.8) is 0 Å². The molecule has 0 radical (unpaired) electrons. The Hall–Kier alpha value is -4.67. The summed E-state index contributed by atoms with van der Waals surface area (Å²) in [5.41, 5.74) is 8.33. The Labute approximate surface area is 277 Å². The lowest BCUT2D eigenvalue weighted by molar-refractivity contribution is -0.141. The number of aromatic amines is 2. The van der Waals surface area contributed by atoms with Crippen LogP contribution in [0.15, 0.2) is 18.2 Å². The summed E-state index contributed by atoms with van der Waals surface area (Å²) in [5.74, 6) is -0.877. The summed E-state index contributed by atoms with van der Waals surface area (Å²) in [6.07, 6.45) is -3.04. The zero-order valence-electron chi connectivity index (χ0n) is 28.6. The number of ether oxygens (including phenoxy) is 2. The lowest BCUT2D eigenvalue weighted by Crippen LogP contribution is -2.09. The van der Waals surface area contributed by atoms with Gasteiger partial charge in [0.15, 0.2) is 0 Å². The van der Waals surface area contributed by atoms with E-state index in [4.69, 9.17) is 14.5 Å². The third-order valence-corrected chi connectivity index (χ3v) is 9.53. The number of halogens is 3. The van der Waals surface area contributed by atoms with Crippen molar-refractivity contribution >= 4 is 56.3 Å². The largest absolute Gasteiger partial charge is 0.469 e. The maximum absolute atomic E-state index is 15.3. The molecule has 0 fully saturated rings. The van der Waals surface area contributed by atoms with E-state index in [1.54, 1.807) is 19.9 Å². The molecule has 48 heavy (non-hydrogen) atoms. The number of carbonyl (C=O) groups is 2. The first-order valence-corrected chi connectivity index (χ1v) is 16.1. The molecule has 254 valence electrons. The van der Waals surface area contributed by atoms with Gasteiger partial charge in [0.05, 0.1) is 42.5 Å². The zero-order chi connectivity index (χ0) is 35.1. The number of fused-ring (bicyclic) bond motifs is 8. The Morgan fingerprint density at radius 3 is 1.81 bits per heavy atom. The summed E-state index contributed by atoms with van der Waals surface area (Å²) in [6, 6.07) is 5.54. The van der Waals surface area contributed by atoms with Crippen molar-refractivity contribution in [3.05, 3.63) is 68.8 Å². The van der Waals surface area contributed by atoms with Crippen molar-refractivity contribution in [1.29, 1.82) is 0 Å². The van der Waals surface area contributed by atoms with Crippen LogP contribution in [0.4, 0.5) is 13.2 Å². The van der Waals surface area contributed by atoms with Gasteiger partial charge in [0.25, 0.3) is 0 Å². The first kappa shape index (κ1) is 34.7. The minimum Gasteiger partial charge on any atom is -0.469 e. The van der Waals surface area contributed by atoms with Gasteiger partial charge in [-0.15, -0.1) is 0 Å². The summed E-state index contributed by atoms with van der Waals surface area (Å²) in [7, 11) is 2.60. The number of carbonyl (C=O) groups excluding carboxylic acids is 2. The average molecular weight is 663 g/mol. The van der Waals surface area contributed by atoms with Crippen molar-refractivity contribution in [2.24, 2.45) is 0 Å². The molecule has 0 saturated carbocycles. The second kappa shape index (κ2) is 13.4. The van der Waals surface area contributed by atoms with Crippen molar-refractivity contribution in [2.75, 3.05) is 14.2 Å². The smallest absolute Gasteiger partial charge is 0.420 e. The van der Waals surface area contributed by atoms with Gasteiger partial charge in [-0.1, -0.05) is 13.8 Å². The molecule has 0 atom stereocenters. The van der Waals surface area contributed by atoms with Gasteiger partial charge in [0.2, 0.25) is 0 Å². The first-order valence-electron chi connectivity index (χ1n) is 16.1. The minimum absolute atomic E-state index is 0.0406. The van der Waals surface area contributed by atoms with Crippen LogP contribution in [0.3, 0.4) is 0 Å². The summed E-state index contributed by atoms with van der Waals surface area (Å²) in [4.78, 5) is 40.7. The van der Waals surface area contributed by atoms with Gasteiger partial charge in [0, 0.05) is 29.4 Å². The molecule has 0 amide bonds. The minimum atomic E-state index is -4.76. The van der Waals surface area contributed by atoms with E-state index < -0.39 is 23.7 Å². The molecule has 0 saturated heterocycles. The molecule has 3 aromatic rings. The average Bonchev–Trinajstić information content (AvgIpc) is 3.71. The number of allylic oxidation sites excluding steroid dienone is 4. The summed E-state index contributed by atoms with van der Waals surface area (Å²) < 4.78 is 55.5. The normalized spacial score (nSPS) is 13.4. The molecule has 2 N–H and O–H groups in total. The molecule has 0 aromatic carbocycles. The Morgan fingerprint density at radius 2 is 1.25 bits per heavy atom. The zero-order valence-corrected chi connectivity index (χ0v) is 28.6. The predicted molar refractivity (Wildman–Crippen MR) is 182 cm³/mol. The van der Waals surface area contributed by atoms with E-state index >= 15 is 13.2 Å². The third-order valence-electron chi connectivity index (χ3n) is 9.53. The molecule has 5 heterocycles. The van der Waals surface area contributed by atoms with Crippen LogP contribution in [0.2, 0.25) is 0 Å². The number of aryl methyl sites for hydroxylation is 4. The van der Waals surface area contributed by atoms with Crippen LogP contribution in [0.25, 0.3) is 44.4 Å². The van der Waals surface area contributed by atoms with E-state index in [-0.39, 0.29) is 36.2 Å². The van der Waals surface area contributed by atoms with E-state index in [0.29, 0.717) is 46.5 Å². The monoisotopic (exact) mass is 662 g/mol. The summed E-state index contributed by atoms with van der Waals surface area (Å²) in [6.45, 7) is 11.2. The fraction of sp³-hybridized carbons (Fsp3) is 0.405. The van der Waals surface area contributed by atoms with Crippen LogP contribution in [0, 0.1) is 13.8 Å². The lowest BCUT2D eigenvalue weighted by Gasteiger charge is -2.11. The van der Waals surface area contributed by atoms with Crippen molar-refractivity contribution in [3.8, 4) is 0 Å². The molecular formula is C37H41F3N4O4. The van der Waals surface area contributed by atoms with Crippen molar-refractivity contribution < 1.29 is 32.2 Å². The van der Waals surface area contributed by atoms with Crippen LogP contribution in [0.1, 0.15) is 104 Å². The Kier molecular flexibility index (Phi) is 9.71. The molecule has 8 bridgehead atoms. The molecule has 8 nitrogen and oxygen atoms in total. The van der Waals surface area contributed by atoms with E-state index in [1.807, 2.05) is 32.9 Å². The Balaban J connectivity index is 2.00. The van der Waals surface area contributed by atoms with Crippen LogP contribution < -0.4 is 0 Å². The number of methoxy groups -OCH3 is 2. The van der Waals surface area contributed by atoms with E-state index in [2.05, 4.69) is 21.9 Å². The number of nitrogens with zero attached hydrogens (tertiary/aromatic N) is 2. The molecule has 0 aliphatic carbocycles. The fourth-order valence-corrected chi connectivity index (χ4v) is 6.84. The van der Waals surface area contributed by atoms with Gasteiger partial charge in [-0.05, 0) is 116 Å². The maximum Gasteiger partial charge on any atom is 0.420 e. The van der Waals surface area contributed by atoms with Gasteiger partial charge < -0.3 is 19.4 Å². The van der Waals surface area contributed by atoms with Crippen LogP contribution in [-0.4, -0.2) is 46.1 Å². The molecule has 0 unspecified atom stereocenters. The Bertz CT molecular complexity index is 2050. The number of H-pyrrole nitrogens is 2. The predicted octanol–water partition coefficient (Wildman–Crippen LogP) is 8.84. The molecule has 2 aliphatic heterocycles. The van der Waals surface area contributed by atoms with Crippen molar-refractivity contribution in [1.82, 2.24) is 19.9 Å². The summed E-state index contributed by atoms with van der Waals surface area (Å²) >= 11 is 0. The number of hydrogen-bond acceptors (Lipinski definition) is 6. The SMILES string of the molecule is CCc1c(C)c2cc3[nH]c(c(C)c3CC)c(C(F)(F)F)c3nc(cc4nc(cc1[nH]2)C(C)=C4CCC(=O)OC)C(CCC(=O)OC)=C3C. The topological polar surface area (TPSA) is 110 Å². The molecule has 2 aliphatic rings. The quantitative estimate of drug-likeness (QED) is 0.233. The van der Waals surface area contributed by atoms with E-state index in [1.165, 1.54) is 14.2 Å². The molecule has 5 rings (SSSR count). The van der Waals surface area contributed by atoms with Gasteiger partial charge in [-0.25, -0.2) is 9.97 Å². The van der Waals surface area contributed by atoms with Gasteiger partial charge in [-0.3, -0.25) is 9.59 Å². The van der Waals surface area contributed by atoms with E-state index in [9.17, 15) is 9.59 Å². The number of aromatic nitrogens is 4. The Morgan fingerprint density at radius 1 is 0.708 bits per heavy atom. The van der Waals surface area contributed by atoms with Crippen LogP contribution in [0.5, 0.6) is 0 Å². The number of esters is 2. The van der Waals surface area contributed by atoms with Crippen LogP contribution >= 0.6 is 0 Å². The highest BCUT2D eigenvalue weighted by molar-refractivity contribution is 5.97. The first-order chi connectivity index (χ1) is 22.7. The highest BCUT2D eigenvalue weighted by Crippen LogP contribution is 2.44. The fourth-order valence-electron chi connectivity index (χ4n) is 6.84. The maximum atomic E-state index is 15.3. The molecule has 3 aromatic heterocycles. The van der Waals surface area contributed by atoms with Crippen LogP contribution in [-0.2, 0) is 38.1 Å². The highest BCUT2D eigenvalue weighted by Gasteiger charge is 2.39. The second-order valence-corrected chi connectivity index (χ2v) is 12.2. The standard InChI is InChI=1S/C37H41F3N4O4/c1-9-22-18(3)26-16-29-23(10-2)20(5)35(43-29)34(37(38,39)40)36-21(6)25(12-14-33(46)48-8)31(44-36)17-30-24(11-13-32(45)47-7)19(4)27(42-30)15-28(22)41-26/h15-17,41,43H,9-14H2,1-8H3. The van der Waals surface area contributed by atoms with E-state index in [0.717, 1.165) is 45.3 Å². The number of nitrogens with one attached hydrogen (secondary N) is 2. The third kappa shape index (κ3) is 6.30.